The highest BCUT2D eigenvalue weighted by Gasteiger charge is 2.13. The van der Waals surface area contributed by atoms with E-state index in [0.717, 1.165) is 0 Å². The van der Waals surface area contributed by atoms with Crippen LogP contribution in [0, 0.1) is 0 Å². The van der Waals surface area contributed by atoms with Gasteiger partial charge < -0.3 is 15.5 Å². The number of nitrogens with two attached hydrogens (primary N) is 1. The monoisotopic (exact) mass is 141 g/mol. The van der Waals surface area contributed by atoms with Gasteiger partial charge in [0.15, 0.2) is 5.91 Å². The van der Waals surface area contributed by atoms with E-state index in [1.165, 1.54) is 0 Å². The minimum absolute atomic E-state index is 0.0265. The Labute approximate surface area is 48.2 Å². The van der Waals surface area contributed by atoms with E-state index in [-0.39, 0.29) is 13.0 Å². The van der Waals surface area contributed by atoms with Gasteiger partial charge in [-0.05, 0) is 13.0 Å². The lowest BCUT2D eigenvalue weighted by atomic mass is 10.5. The van der Waals surface area contributed by atoms with Gasteiger partial charge in [-0.1, -0.05) is 0 Å². The molecule has 5 heteroatoms. The van der Waals surface area contributed by atoms with Crippen LogP contribution >= 0.6 is 8.38 Å². The summed E-state index contributed by atoms with van der Waals surface area (Å²) >= 11 is 0. The summed E-state index contributed by atoms with van der Waals surface area (Å²) in [5, 5.41) is 0. The van der Waals surface area contributed by atoms with Crippen molar-refractivity contribution < 1.29 is 14.2 Å². The maximum Gasteiger partial charge on any atom is 0.201 e. The number of hydrogen-bond donors (Lipinski definition) is 3. The van der Waals surface area contributed by atoms with Crippen molar-refractivity contribution in [1.82, 2.24) is 0 Å². The zero-order chi connectivity index (χ0) is 6.57. The van der Waals surface area contributed by atoms with Crippen LogP contribution in [-0.4, -0.2) is 22.2 Å². The smallest absolute Gasteiger partial charge is 0.201 e. The van der Waals surface area contributed by atoms with E-state index in [1.54, 1.807) is 0 Å². The topological polar surface area (TPSA) is 66.5 Å². The summed E-state index contributed by atoms with van der Waals surface area (Å²) < 4.78 is 12.0. The molecule has 0 heterocycles. The van der Waals surface area contributed by atoms with E-state index in [4.69, 9.17) is 15.5 Å². The normalized spacial score (nSPS) is 14.6. The van der Waals surface area contributed by atoms with E-state index in [0.29, 0.717) is 0 Å². The molecule has 0 saturated carbocycles. The van der Waals surface area contributed by atoms with Crippen molar-refractivity contribution in [1.29, 1.82) is 0 Å². The molecule has 0 radical (unpaired) electrons. The molecular formula is C3H9FNO2P. The Bertz CT molecular complexity index is 63.2. The van der Waals surface area contributed by atoms with E-state index in [9.17, 15) is 4.39 Å². The van der Waals surface area contributed by atoms with Gasteiger partial charge >= 0.3 is 0 Å². The van der Waals surface area contributed by atoms with Crippen LogP contribution < -0.4 is 5.73 Å². The molecule has 0 spiro atoms. The quantitative estimate of drug-likeness (QED) is 0.482. The Kier molecular flexibility index (Phi) is 4.28. The second-order valence-electron chi connectivity index (χ2n) is 1.33. The Balaban J connectivity index is 3.17. The van der Waals surface area contributed by atoms with E-state index in [2.05, 4.69) is 0 Å². The van der Waals surface area contributed by atoms with Crippen LogP contribution in [0.3, 0.4) is 0 Å². The summed E-state index contributed by atoms with van der Waals surface area (Å²) in [7, 11) is -2.41. The molecule has 0 amide bonds. The average Bonchev–Trinajstić information content (AvgIpc) is 1.67. The van der Waals surface area contributed by atoms with Crippen molar-refractivity contribution in [2.24, 2.45) is 5.73 Å². The molecule has 8 heavy (non-hydrogen) atoms. The highest BCUT2D eigenvalue weighted by molar-refractivity contribution is 7.45. The molecule has 0 rings (SSSR count). The van der Waals surface area contributed by atoms with Gasteiger partial charge in [-0.15, -0.1) is 0 Å². The summed E-state index contributed by atoms with van der Waals surface area (Å²) in [4.78, 5) is 16.3. The third-order valence-corrected chi connectivity index (χ3v) is 1.41. The first-order valence-corrected chi connectivity index (χ1v) is 3.51. The number of halogens is 1. The molecule has 0 saturated heterocycles. The van der Waals surface area contributed by atoms with Crippen LogP contribution in [-0.2, 0) is 0 Å². The largest absolute Gasteiger partial charge is 0.348 e. The Morgan fingerprint density at radius 2 is 2.12 bits per heavy atom. The van der Waals surface area contributed by atoms with Gasteiger partial charge in [0.25, 0.3) is 0 Å². The predicted octanol–water partition coefficient (Wildman–Crippen LogP) is -0.0727. The second-order valence-corrected chi connectivity index (χ2v) is 2.53. The molecule has 0 aromatic heterocycles. The Morgan fingerprint density at radius 1 is 1.62 bits per heavy atom. The lowest BCUT2D eigenvalue weighted by Crippen LogP contribution is -2.06. The van der Waals surface area contributed by atoms with Crippen molar-refractivity contribution >= 4 is 8.38 Å². The van der Waals surface area contributed by atoms with Gasteiger partial charge in [-0.2, -0.15) is 0 Å². The van der Waals surface area contributed by atoms with Gasteiger partial charge in [0.1, 0.15) is 0 Å². The molecule has 4 N–H and O–H groups in total. The molecule has 1 atom stereocenters. The highest BCUT2D eigenvalue weighted by Crippen LogP contribution is 2.33. The highest BCUT2D eigenvalue weighted by atomic mass is 31.2. The fourth-order valence-electron chi connectivity index (χ4n) is 0.253. The Morgan fingerprint density at radius 3 is 2.25 bits per heavy atom. The standard InChI is InChI=1S/C3H9FNO2P/c4-3(1-2-5)8(6)7/h3,6-7H,1-2,5H2. The zero-order valence-corrected chi connectivity index (χ0v) is 5.18. The second kappa shape index (κ2) is 4.15. The van der Waals surface area contributed by atoms with Gasteiger partial charge in [0, 0.05) is 0 Å². The number of hydrogen-bond acceptors (Lipinski definition) is 3. The van der Waals surface area contributed by atoms with Crippen LogP contribution in [0.25, 0.3) is 0 Å². The minimum atomic E-state index is -2.41. The van der Waals surface area contributed by atoms with Gasteiger partial charge in [0.2, 0.25) is 8.38 Å². The van der Waals surface area contributed by atoms with E-state index >= 15 is 0 Å². The van der Waals surface area contributed by atoms with Crippen LogP contribution in [0.1, 0.15) is 6.42 Å². The van der Waals surface area contributed by atoms with Crippen molar-refractivity contribution in [2.45, 2.75) is 12.3 Å². The first-order chi connectivity index (χ1) is 3.68. The van der Waals surface area contributed by atoms with Gasteiger partial charge in [-0.3, -0.25) is 0 Å². The minimum Gasteiger partial charge on any atom is -0.348 e. The summed E-state index contributed by atoms with van der Waals surface area (Å²) in [6, 6.07) is 0. The van der Waals surface area contributed by atoms with E-state index in [1.807, 2.05) is 0 Å². The lowest BCUT2D eigenvalue weighted by Gasteiger charge is -2.05. The SMILES string of the molecule is NCCC(F)P(O)O. The molecule has 0 aliphatic rings. The first kappa shape index (κ1) is 8.24. The van der Waals surface area contributed by atoms with Crippen molar-refractivity contribution in [3.63, 3.8) is 0 Å². The maximum atomic E-state index is 12.0. The van der Waals surface area contributed by atoms with Crippen LogP contribution in [0.2, 0.25) is 0 Å². The summed E-state index contributed by atoms with van der Waals surface area (Å²) in [6.45, 7) is 0.154. The number of alkyl halides is 1. The average molecular weight is 141 g/mol. The van der Waals surface area contributed by atoms with Gasteiger partial charge in [-0.25, -0.2) is 4.39 Å². The molecule has 0 aliphatic heterocycles. The molecule has 1 unspecified atom stereocenters. The first-order valence-electron chi connectivity index (χ1n) is 2.19. The number of rotatable bonds is 3. The van der Waals surface area contributed by atoms with Crippen molar-refractivity contribution in [3.05, 3.63) is 0 Å². The molecule has 50 valence electrons. The zero-order valence-electron chi connectivity index (χ0n) is 4.29. The summed E-state index contributed by atoms with van der Waals surface area (Å²) in [5.74, 6) is -1.53. The van der Waals surface area contributed by atoms with Crippen molar-refractivity contribution in [2.75, 3.05) is 6.54 Å². The molecule has 0 aromatic carbocycles. The molecular weight excluding hydrogens is 132 g/mol. The predicted molar refractivity (Wildman–Crippen MR) is 29.9 cm³/mol. The summed E-state index contributed by atoms with van der Waals surface area (Å²) in [5.41, 5.74) is 4.92. The fraction of sp³-hybridized carbons (Fsp3) is 1.00. The fourth-order valence-corrected chi connectivity index (χ4v) is 0.633. The Hall–Kier alpha value is 0.240. The van der Waals surface area contributed by atoms with Crippen LogP contribution in [0.15, 0.2) is 0 Å². The van der Waals surface area contributed by atoms with Crippen LogP contribution in [0.5, 0.6) is 0 Å². The maximum absolute atomic E-state index is 12.0. The third kappa shape index (κ3) is 3.27. The summed E-state index contributed by atoms with van der Waals surface area (Å²) in [6.07, 6.45) is 0.0265. The molecule has 0 bridgehead atoms. The van der Waals surface area contributed by atoms with E-state index < -0.39 is 14.3 Å². The lowest BCUT2D eigenvalue weighted by molar-refractivity contribution is 0.354. The van der Waals surface area contributed by atoms with Crippen LogP contribution in [0.4, 0.5) is 4.39 Å². The molecule has 3 nitrogen and oxygen atoms in total. The van der Waals surface area contributed by atoms with Crippen molar-refractivity contribution in [3.8, 4) is 0 Å². The molecule has 0 aromatic rings. The van der Waals surface area contributed by atoms with Gasteiger partial charge in [0.05, 0.1) is 0 Å². The third-order valence-electron chi connectivity index (χ3n) is 0.655. The molecule has 0 fully saturated rings. The molecule has 0 aliphatic carbocycles.